The van der Waals surface area contributed by atoms with Gasteiger partial charge in [0.1, 0.15) is 18.4 Å². The molecule has 5 rings (SSSR count). The predicted octanol–water partition coefficient (Wildman–Crippen LogP) is 3.37. The Hall–Kier alpha value is -1.82. The maximum atomic E-state index is 15.4. The van der Waals surface area contributed by atoms with Crippen molar-refractivity contribution in [2.45, 2.75) is 64.8 Å². The van der Waals surface area contributed by atoms with Crippen LogP contribution in [0.1, 0.15) is 47.0 Å². The molecule has 4 fully saturated rings. The SMILES string of the molecule is CC(=O)OCC(=O)[C@H]1[C@H](C)C[C@H]2C3C[C@H](F)C4=CC(=O)C=C[C@]4(C)[C@@]34O[C@H]4C[C@@]21C. The fraction of sp³-hybridized carbons (Fsp3) is 0.708. The van der Waals surface area contributed by atoms with Gasteiger partial charge < -0.3 is 9.47 Å². The van der Waals surface area contributed by atoms with Crippen LogP contribution in [0.3, 0.4) is 0 Å². The van der Waals surface area contributed by atoms with Crippen LogP contribution >= 0.6 is 0 Å². The molecule has 5 nitrogen and oxygen atoms in total. The lowest BCUT2D eigenvalue weighted by molar-refractivity contribution is -0.149. The maximum absolute atomic E-state index is 15.4. The molecule has 1 aliphatic heterocycles. The van der Waals surface area contributed by atoms with Gasteiger partial charge in [0.05, 0.1) is 6.10 Å². The average Bonchev–Trinajstić information content (AvgIpc) is 3.31. The lowest BCUT2D eigenvalue weighted by Gasteiger charge is -2.55. The van der Waals surface area contributed by atoms with Gasteiger partial charge in [-0.3, -0.25) is 14.4 Å². The molecule has 3 saturated carbocycles. The number of epoxide rings is 1. The zero-order valence-electron chi connectivity index (χ0n) is 17.9. The molecule has 1 heterocycles. The largest absolute Gasteiger partial charge is 0.458 e. The molecule has 1 saturated heterocycles. The average molecular weight is 416 g/mol. The fourth-order valence-corrected chi connectivity index (χ4v) is 7.95. The van der Waals surface area contributed by atoms with Crippen molar-refractivity contribution in [3.8, 4) is 0 Å². The third-order valence-electron chi connectivity index (χ3n) is 9.03. The normalized spacial score (nSPS) is 50.6. The maximum Gasteiger partial charge on any atom is 0.303 e. The van der Waals surface area contributed by atoms with Gasteiger partial charge in [0.15, 0.2) is 11.6 Å². The molecule has 0 aromatic heterocycles. The van der Waals surface area contributed by atoms with Crippen LogP contribution in [0.15, 0.2) is 23.8 Å². The molecule has 0 radical (unpaired) electrons. The van der Waals surface area contributed by atoms with E-state index in [4.69, 9.17) is 9.47 Å². The van der Waals surface area contributed by atoms with Gasteiger partial charge in [-0.1, -0.05) is 19.9 Å². The molecule has 1 unspecified atom stereocenters. The first kappa shape index (κ1) is 20.1. The third-order valence-corrected chi connectivity index (χ3v) is 9.03. The number of alkyl halides is 1. The third kappa shape index (κ3) is 2.34. The predicted molar refractivity (Wildman–Crippen MR) is 106 cm³/mol. The first-order chi connectivity index (χ1) is 14.0. The topological polar surface area (TPSA) is 73.0 Å². The summed E-state index contributed by atoms with van der Waals surface area (Å²) in [7, 11) is 0. The second-order valence-corrected chi connectivity index (χ2v) is 10.5. The molecule has 6 heteroatoms. The number of ketones is 2. The summed E-state index contributed by atoms with van der Waals surface area (Å²) < 4.78 is 26.8. The first-order valence-corrected chi connectivity index (χ1v) is 11.0. The number of esters is 1. The monoisotopic (exact) mass is 416 g/mol. The highest BCUT2D eigenvalue weighted by Crippen LogP contribution is 2.76. The van der Waals surface area contributed by atoms with Crippen molar-refractivity contribution in [3.05, 3.63) is 23.8 Å². The molecule has 1 spiro atoms. The number of hydrogen-bond acceptors (Lipinski definition) is 5. The number of fused-ring (bicyclic) bond motifs is 3. The molecule has 0 amide bonds. The Morgan fingerprint density at radius 3 is 2.70 bits per heavy atom. The van der Waals surface area contributed by atoms with E-state index in [-0.39, 0.29) is 53.4 Å². The number of hydrogen-bond donors (Lipinski definition) is 0. The number of Topliss-reactive ketones (excluding diaryl/α,β-unsaturated/α-hetero) is 1. The molecule has 9 atom stereocenters. The van der Waals surface area contributed by atoms with E-state index in [0.29, 0.717) is 12.0 Å². The highest BCUT2D eigenvalue weighted by atomic mass is 19.1. The van der Waals surface area contributed by atoms with Crippen LogP contribution in [-0.2, 0) is 23.9 Å². The number of rotatable bonds is 3. The highest BCUT2D eigenvalue weighted by molar-refractivity contribution is 6.01. The standard InChI is InChI=1S/C24H29FO5/c1-12-7-15-16-9-18(25)17-8-14(27)5-6-23(17,4)24(16)20(30-24)10-22(15,3)21(12)19(28)11-29-13(2)26/h5-6,8,12,15-16,18,20-21H,7,9-11H2,1-4H3/t12-,15+,16?,18+,20+,21-,22+,23+,24-/m1/s1. The number of halogens is 1. The molecule has 0 aromatic rings. The minimum atomic E-state index is -1.18. The van der Waals surface area contributed by atoms with E-state index in [9.17, 15) is 14.4 Å². The van der Waals surface area contributed by atoms with E-state index < -0.39 is 23.2 Å². The van der Waals surface area contributed by atoms with Gasteiger partial charge in [0.25, 0.3) is 0 Å². The van der Waals surface area contributed by atoms with Crippen LogP contribution < -0.4 is 0 Å². The van der Waals surface area contributed by atoms with Crippen LogP contribution in [0.25, 0.3) is 0 Å². The zero-order chi connectivity index (χ0) is 21.6. The number of carbonyl (C=O) groups is 3. The Balaban J connectivity index is 1.51. The van der Waals surface area contributed by atoms with Crippen molar-refractivity contribution in [2.75, 3.05) is 6.61 Å². The van der Waals surface area contributed by atoms with Gasteiger partial charge >= 0.3 is 5.97 Å². The summed E-state index contributed by atoms with van der Waals surface area (Å²) >= 11 is 0. The van der Waals surface area contributed by atoms with Crippen LogP contribution in [0, 0.1) is 34.5 Å². The van der Waals surface area contributed by atoms with Crippen molar-refractivity contribution in [1.82, 2.24) is 0 Å². The lowest BCUT2D eigenvalue weighted by atomic mass is 9.47. The quantitative estimate of drug-likeness (QED) is 0.521. The minimum Gasteiger partial charge on any atom is -0.458 e. The second kappa shape index (κ2) is 6.12. The van der Waals surface area contributed by atoms with Gasteiger partial charge in [-0.25, -0.2) is 4.39 Å². The number of carbonyl (C=O) groups excluding carboxylic acids is 3. The second-order valence-electron chi connectivity index (χ2n) is 10.5. The fourth-order valence-electron chi connectivity index (χ4n) is 7.95. The molecule has 162 valence electrons. The summed E-state index contributed by atoms with van der Waals surface area (Å²) in [5.41, 5.74) is -0.877. The molecule has 0 N–H and O–H groups in total. The van der Waals surface area contributed by atoms with E-state index in [1.54, 1.807) is 6.08 Å². The smallest absolute Gasteiger partial charge is 0.303 e. The Bertz CT molecular complexity index is 907. The van der Waals surface area contributed by atoms with E-state index in [1.165, 1.54) is 13.0 Å². The number of allylic oxidation sites excluding steroid dienone is 2. The summed E-state index contributed by atoms with van der Waals surface area (Å²) in [5, 5.41) is 0. The zero-order valence-corrected chi connectivity index (χ0v) is 17.9. The molecular formula is C24H29FO5. The summed E-state index contributed by atoms with van der Waals surface area (Å²) in [6.07, 6.45) is 5.52. The van der Waals surface area contributed by atoms with Crippen molar-refractivity contribution in [3.63, 3.8) is 0 Å². The van der Waals surface area contributed by atoms with E-state index in [2.05, 4.69) is 13.8 Å². The van der Waals surface area contributed by atoms with Crippen molar-refractivity contribution in [1.29, 1.82) is 0 Å². The summed E-state index contributed by atoms with van der Waals surface area (Å²) in [4.78, 5) is 36.2. The van der Waals surface area contributed by atoms with Crippen molar-refractivity contribution >= 4 is 17.5 Å². The summed E-state index contributed by atoms with van der Waals surface area (Å²) in [5.74, 6) is -0.603. The molecule has 5 aliphatic rings. The Kier molecular flexibility index (Phi) is 4.10. The first-order valence-electron chi connectivity index (χ1n) is 11.0. The summed E-state index contributed by atoms with van der Waals surface area (Å²) in [6.45, 7) is 7.34. The van der Waals surface area contributed by atoms with E-state index in [1.807, 2.05) is 13.0 Å². The van der Waals surface area contributed by atoms with Gasteiger partial charge in [0.2, 0.25) is 0 Å². The van der Waals surface area contributed by atoms with Crippen LogP contribution in [-0.4, -0.2) is 42.0 Å². The van der Waals surface area contributed by atoms with E-state index in [0.717, 1.165) is 12.8 Å². The Labute approximate surface area is 176 Å². The van der Waals surface area contributed by atoms with E-state index >= 15 is 4.39 Å². The highest BCUT2D eigenvalue weighted by Gasteiger charge is 2.80. The molecule has 0 bridgehead atoms. The molecule has 30 heavy (non-hydrogen) atoms. The lowest BCUT2D eigenvalue weighted by Crippen LogP contribution is -2.59. The molecule has 0 aromatic carbocycles. The Morgan fingerprint density at radius 1 is 1.27 bits per heavy atom. The van der Waals surface area contributed by atoms with Crippen LogP contribution in [0.4, 0.5) is 4.39 Å². The van der Waals surface area contributed by atoms with Gasteiger partial charge in [0, 0.05) is 18.3 Å². The Morgan fingerprint density at radius 2 is 2.00 bits per heavy atom. The summed E-state index contributed by atoms with van der Waals surface area (Å²) in [6, 6.07) is 0. The van der Waals surface area contributed by atoms with Gasteiger partial charge in [-0.15, -0.1) is 0 Å². The van der Waals surface area contributed by atoms with Crippen LogP contribution in [0.2, 0.25) is 0 Å². The van der Waals surface area contributed by atoms with Gasteiger partial charge in [-0.2, -0.15) is 0 Å². The molecule has 4 aliphatic carbocycles. The molecular weight excluding hydrogens is 387 g/mol. The van der Waals surface area contributed by atoms with Crippen molar-refractivity contribution < 1.29 is 28.2 Å². The number of ether oxygens (including phenoxy) is 2. The van der Waals surface area contributed by atoms with Crippen LogP contribution in [0.5, 0.6) is 0 Å². The minimum absolute atomic E-state index is 0.00905. The van der Waals surface area contributed by atoms with Gasteiger partial charge in [-0.05, 0) is 67.1 Å². The van der Waals surface area contributed by atoms with Crippen molar-refractivity contribution in [2.24, 2.45) is 34.5 Å².